The van der Waals surface area contributed by atoms with Gasteiger partial charge in [-0.1, -0.05) is 36.4 Å². The van der Waals surface area contributed by atoms with Crippen molar-refractivity contribution in [1.82, 2.24) is 4.90 Å². The molecule has 198 valence electrons. The van der Waals surface area contributed by atoms with Crippen molar-refractivity contribution in [3.05, 3.63) is 83.2 Å². The van der Waals surface area contributed by atoms with E-state index in [1.807, 2.05) is 35.2 Å². The first kappa shape index (κ1) is 26.7. The number of nitrogens with zero attached hydrogens (tertiary/aromatic N) is 1. The molecule has 4 rings (SSSR count). The minimum absolute atomic E-state index is 0.0746. The number of ether oxygens (including phenoxy) is 3. The summed E-state index contributed by atoms with van der Waals surface area (Å²) in [6, 6.07) is 16.8. The number of likely N-dealkylation sites (tertiary alicyclic amines) is 1. The van der Waals surface area contributed by atoms with Crippen molar-refractivity contribution in [2.24, 2.45) is 0 Å². The number of rotatable bonds is 10. The summed E-state index contributed by atoms with van der Waals surface area (Å²) >= 11 is 0. The number of methoxy groups -OCH3 is 2. The lowest BCUT2D eigenvalue weighted by Crippen LogP contribution is -2.38. The van der Waals surface area contributed by atoms with Crippen molar-refractivity contribution in [2.75, 3.05) is 39.2 Å². The van der Waals surface area contributed by atoms with Crippen LogP contribution in [0.5, 0.6) is 17.2 Å². The zero-order valence-corrected chi connectivity index (χ0v) is 21.5. The van der Waals surface area contributed by atoms with Crippen LogP contribution in [0.25, 0.3) is 12.2 Å². The Morgan fingerprint density at radius 2 is 1.79 bits per heavy atom. The molecule has 1 aliphatic heterocycles. The molecule has 1 heterocycles. The molecule has 0 unspecified atom stereocenters. The number of piperidine rings is 1. The van der Waals surface area contributed by atoms with Gasteiger partial charge in [0.1, 0.15) is 29.7 Å². The Kier molecular flexibility index (Phi) is 8.98. The maximum atomic E-state index is 14.2. The summed E-state index contributed by atoms with van der Waals surface area (Å²) in [7, 11) is 2.99. The number of anilines is 1. The third-order valence-electron chi connectivity index (χ3n) is 6.30. The van der Waals surface area contributed by atoms with Gasteiger partial charge in [0.2, 0.25) is 5.91 Å². The fraction of sp³-hybridized carbons (Fsp3) is 0.267. The van der Waals surface area contributed by atoms with Crippen LogP contribution < -0.4 is 19.5 Å². The number of hydrogen-bond donors (Lipinski definition) is 1. The highest BCUT2D eigenvalue weighted by Gasteiger charge is 2.20. The predicted molar refractivity (Wildman–Crippen MR) is 145 cm³/mol. The smallest absolute Gasteiger partial charge is 0.260 e. The van der Waals surface area contributed by atoms with Crippen LogP contribution in [0.15, 0.2) is 60.7 Å². The summed E-state index contributed by atoms with van der Waals surface area (Å²) in [6.45, 7) is 1.81. The number of hydrogen-bond acceptors (Lipinski definition) is 5. The first-order valence-corrected chi connectivity index (χ1v) is 12.5. The number of benzene rings is 3. The summed E-state index contributed by atoms with van der Waals surface area (Å²) in [4.78, 5) is 27.0. The number of nitrogens with one attached hydrogen (secondary N) is 1. The summed E-state index contributed by atoms with van der Waals surface area (Å²) in [5.41, 5.74) is 1.75. The second-order valence-corrected chi connectivity index (χ2v) is 8.82. The SMILES string of the molecule is COc1cc(/C=C/c2ccc(OCCN3CCCCC3=O)cc2)c(C(=O)Nc2ccccc2F)c(OC)c1. The average Bonchev–Trinajstić information content (AvgIpc) is 2.94. The molecule has 0 saturated carbocycles. The molecule has 7 nitrogen and oxygen atoms in total. The third-order valence-corrected chi connectivity index (χ3v) is 6.30. The van der Waals surface area contributed by atoms with Gasteiger partial charge in [0.05, 0.1) is 32.0 Å². The zero-order chi connectivity index (χ0) is 26.9. The van der Waals surface area contributed by atoms with E-state index in [0.717, 1.165) is 24.9 Å². The van der Waals surface area contributed by atoms with Gasteiger partial charge in [-0.25, -0.2) is 4.39 Å². The fourth-order valence-electron chi connectivity index (χ4n) is 4.24. The molecule has 1 saturated heterocycles. The largest absolute Gasteiger partial charge is 0.497 e. The van der Waals surface area contributed by atoms with Gasteiger partial charge in [0.15, 0.2) is 0 Å². The summed E-state index contributed by atoms with van der Waals surface area (Å²) < 4.78 is 30.8. The second-order valence-electron chi connectivity index (χ2n) is 8.82. The van der Waals surface area contributed by atoms with Gasteiger partial charge in [-0.3, -0.25) is 9.59 Å². The third kappa shape index (κ3) is 6.70. The second kappa shape index (κ2) is 12.8. The number of carbonyl (C=O) groups is 2. The van der Waals surface area contributed by atoms with Crippen LogP contribution >= 0.6 is 0 Å². The van der Waals surface area contributed by atoms with Gasteiger partial charge in [-0.15, -0.1) is 0 Å². The number of para-hydroxylation sites is 1. The Hall–Kier alpha value is -4.33. The maximum absolute atomic E-state index is 14.2. The Labute approximate surface area is 221 Å². The van der Waals surface area contributed by atoms with Crippen molar-refractivity contribution < 1.29 is 28.2 Å². The van der Waals surface area contributed by atoms with Gasteiger partial charge in [-0.2, -0.15) is 0 Å². The molecule has 8 heteroatoms. The van der Waals surface area contributed by atoms with E-state index >= 15 is 0 Å². The van der Waals surface area contributed by atoms with Crippen molar-refractivity contribution in [3.63, 3.8) is 0 Å². The van der Waals surface area contributed by atoms with Gasteiger partial charge < -0.3 is 24.4 Å². The standard InChI is InChI=1S/C30H31FN2O5/c1-36-24-19-22(29(27(20-24)37-2)30(35)32-26-8-4-3-7-25(26)31)13-10-21-11-14-23(15-12-21)38-18-17-33-16-6-5-9-28(33)34/h3-4,7-8,10-15,19-20H,5-6,9,16-18H2,1-2H3,(H,32,35)/b13-10+. The zero-order valence-electron chi connectivity index (χ0n) is 21.5. The molecule has 3 aromatic rings. The van der Waals surface area contributed by atoms with Crippen molar-refractivity contribution in [3.8, 4) is 17.2 Å². The monoisotopic (exact) mass is 518 g/mol. The van der Waals surface area contributed by atoms with Gasteiger partial charge in [-0.05, 0) is 54.3 Å². The lowest BCUT2D eigenvalue weighted by Gasteiger charge is -2.26. The van der Waals surface area contributed by atoms with Crippen LogP contribution in [0.2, 0.25) is 0 Å². The van der Waals surface area contributed by atoms with Gasteiger partial charge in [0, 0.05) is 19.0 Å². The molecule has 0 atom stereocenters. The van der Waals surface area contributed by atoms with Crippen LogP contribution in [-0.2, 0) is 4.79 Å². The van der Waals surface area contributed by atoms with E-state index in [4.69, 9.17) is 14.2 Å². The highest BCUT2D eigenvalue weighted by atomic mass is 19.1. The molecular formula is C30H31FN2O5. The van der Waals surface area contributed by atoms with Gasteiger partial charge >= 0.3 is 0 Å². The molecular weight excluding hydrogens is 487 g/mol. The first-order valence-electron chi connectivity index (χ1n) is 12.5. The van der Waals surface area contributed by atoms with Crippen LogP contribution in [0, 0.1) is 5.82 Å². The van der Waals surface area contributed by atoms with E-state index in [1.54, 1.807) is 30.3 Å². The first-order chi connectivity index (χ1) is 18.5. The van der Waals surface area contributed by atoms with Crippen LogP contribution in [-0.4, -0.2) is 50.6 Å². The minimum Gasteiger partial charge on any atom is -0.497 e. The predicted octanol–water partition coefficient (Wildman–Crippen LogP) is 5.66. The summed E-state index contributed by atoms with van der Waals surface area (Å²) in [5, 5.41) is 2.62. The Balaban J connectivity index is 1.48. The van der Waals surface area contributed by atoms with Crippen LogP contribution in [0.4, 0.5) is 10.1 Å². The molecule has 1 fully saturated rings. The lowest BCUT2D eigenvalue weighted by molar-refractivity contribution is -0.133. The maximum Gasteiger partial charge on any atom is 0.260 e. The van der Waals surface area contributed by atoms with Gasteiger partial charge in [0.25, 0.3) is 5.91 Å². The molecule has 0 spiro atoms. The average molecular weight is 519 g/mol. The Morgan fingerprint density at radius 3 is 2.50 bits per heavy atom. The van der Waals surface area contributed by atoms with Crippen LogP contribution in [0.3, 0.4) is 0 Å². The van der Waals surface area contributed by atoms with E-state index in [9.17, 15) is 14.0 Å². The number of halogens is 1. The topological polar surface area (TPSA) is 77.1 Å². The fourth-order valence-corrected chi connectivity index (χ4v) is 4.24. The summed E-state index contributed by atoms with van der Waals surface area (Å²) in [5.74, 6) is 0.671. The molecule has 3 aromatic carbocycles. The molecule has 0 bridgehead atoms. The Bertz CT molecular complexity index is 1310. The van der Waals surface area contributed by atoms with E-state index in [2.05, 4.69) is 5.32 Å². The quantitative estimate of drug-likeness (QED) is 0.351. The van der Waals surface area contributed by atoms with Crippen molar-refractivity contribution in [2.45, 2.75) is 19.3 Å². The highest BCUT2D eigenvalue weighted by Crippen LogP contribution is 2.31. The molecule has 0 aliphatic carbocycles. The number of carbonyl (C=O) groups excluding carboxylic acids is 2. The minimum atomic E-state index is -0.532. The normalized spacial score (nSPS) is 13.4. The molecule has 0 aromatic heterocycles. The van der Waals surface area contributed by atoms with Crippen molar-refractivity contribution >= 4 is 29.7 Å². The Morgan fingerprint density at radius 1 is 1.00 bits per heavy atom. The van der Waals surface area contributed by atoms with E-state index in [0.29, 0.717) is 42.4 Å². The van der Waals surface area contributed by atoms with Crippen molar-refractivity contribution in [1.29, 1.82) is 0 Å². The molecule has 2 amide bonds. The lowest BCUT2D eigenvalue weighted by atomic mass is 10.0. The van der Waals surface area contributed by atoms with E-state index in [1.165, 1.54) is 26.4 Å². The summed E-state index contributed by atoms with van der Waals surface area (Å²) in [6.07, 6.45) is 6.25. The highest BCUT2D eigenvalue weighted by molar-refractivity contribution is 6.09. The van der Waals surface area contributed by atoms with E-state index < -0.39 is 11.7 Å². The van der Waals surface area contributed by atoms with E-state index in [-0.39, 0.29) is 17.2 Å². The molecule has 0 radical (unpaired) electrons. The molecule has 38 heavy (non-hydrogen) atoms. The molecule has 1 N–H and O–H groups in total. The molecule has 1 aliphatic rings. The van der Waals surface area contributed by atoms with Crippen LogP contribution in [0.1, 0.15) is 40.7 Å². The number of amides is 2.